The van der Waals surface area contributed by atoms with Crippen LogP contribution in [0.2, 0.25) is 0 Å². The van der Waals surface area contributed by atoms with Crippen LogP contribution in [-0.4, -0.2) is 27.1 Å². The van der Waals surface area contributed by atoms with E-state index in [2.05, 4.69) is 4.98 Å². The molecule has 0 spiro atoms. The summed E-state index contributed by atoms with van der Waals surface area (Å²) >= 11 is 0. The molecule has 1 aromatic heterocycles. The van der Waals surface area contributed by atoms with Crippen molar-refractivity contribution >= 4 is 5.97 Å². The molecule has 0 aliphatic rings. The van der Waals surface area contributed by atoms with Crippen molar-refractivity contribution in [3.8, 4) is 0 Å². The minimum atomic E-state index is -4.29. The molecule has 1 atom stereocenters. The first kappa shape index (κ1) is 11.5. The van der Waals surface area contributed by atoms with Crippen molar-refractivity contribution in [2.24, 2.45) is 0 Å². The van der Waals surface area contributed by atoms with E-state index in [1.165, 1.54) is 18.3 Å². The minimum absolute atomic E-state index is 0.391. The third-order valence-corrected chi connectivity index (χ3v) is 2.04. The van der Waals surface area contributed by atoms with Crippen LogP contribution in [0.15, 0.2) is 24.4 Å². The highest BCUT2D eigenvalue weighted by molar-refractivity contribution is 5.77. The number of halogens is 2. The molecule has 15 heavy (non-hydrogen) atoms. The molecular weight excluding hydrogens is 208 g/mol. The highest BCUT2D eigenvalue weighted by atomic mass is 19.3. The number of carbonyl (C=O) groups is 1. The quantitative estimate of drug-likeness (QED) is 0.792. The van der Waals surface area contributed by atoms with Gasteiger partial charge in [-0.1, -0.05) is 6.07 Å². The van der Waals surface area contributed by atoms with Gasteiger partial charge in [-0.05, 0) is 19.1 Å². The van der Waals surface area contributed by atoms with Gasteiger partial charge in [-0.15, -0.1) is 0 Å². The number of hydrogen-bond acceptors (Lipinski definition) is 3. The summed E-state index contributed by atoms with van der Waals surface area (Å²) in [5.41, 5.74) is -3.22. The number of rotatable bonds is 3. The number of carboxylic acids is 1. The number of carboxylic acid groups (broad SMARTS) is 1. The van der Waals surface area contributed by atoms with Crippen LogP contribution in [0.3, 0.4) is 0 Å². The topological polar surface area (TPSA) is 70.4 Å². The maximum absolute atomic E-state index is 13.1. The Hall–Kier alpha value is -1.56. The number of hydrogen-bond donors (Lipinski definition) is 2. The fraction of sp³-hybridized carbons (Fsp3) is 0.333. The van der Waals surface area contributed by atoms with Crippen molar-refractivity contribution in [1.29, 1.82) is 0 Å². The van der Waals surface area contributed by atoms with Gasteiger partial charge < -0.3 is 10.2 Å². The van der Waals surface area contributed by atoms with Crippen LogP contribution in [0.5, 0.6) is 0 Å². The van der Waals surface area contributed by atoms with E-state index in [9.17, 15) is 18.7 Å². The van der Waals surface area contributed by atoms with Crippen LogP contribution < -0.4 is 0 Å². The zero-order chi connectivity index (χ0) is 11.7. The average molecular weight is 217 g/mol. The van der Waals surface area contributed by atoms with E-state index >= 15 is 0 Å². The number of alkyl halides is 2. The van der Waals surface area contributed by atoms with Gasteiger partial charge >= 0.3 is 11.9 Å². The summed E-state index contributed by atoms with van der Waals surface area (Å²) in [4.78, 5) is 13.8. The Balaban J connectivity index is 3.19. The summed E-state index contributed by atoms with van der Waals surface area (Å²) in [7, 11) is 0. The number of nitrogens with zero attached hydrogens (tertiary/aromatic N) is 1. The summed E-state index contributed by atoms with van der Waals surface area (Å²) in [6, 6.07) is 3.99. The fourth-order valence-corrected chi connectivity index (χ4v) is 1.02. The molecule has 0 amide bonds. The van der Waals surface area contributed by atoms with E-state index in [1.807, 2.05) is 0 Å². The third kappa shape index (κ3) is 1.80. The van der Waals surface area contributed by atoms with E-state index in [1.54, 1.807) is 0 Å². The Morgan fingerprint density at radius 2 is 2.07 bits per heavy atom. The molecular formula is C9H9F2NO3. The molecule has 0 aliphatic heterocycles. The second kappa shape index (κ2) is 3.54. The standard InChI is InChI=1S/C9H9F2NO3/c1-8(15,9(10,11)7(13)14)6-4-2-3-5-12-6/h2-5,15H,1H3,(H,13,14). The highest BCUT2D eigenvalue weighted by Gasteiger charge is 2.57. The molecule has 0 radical (unpaired) electrons. The Kier molecular flexibility index (Phi) is 2.72. The molecule has 2 N–H and O–H groups in total. The van der Waals surface area contributed by atoms with Gasteiger partial charge in [0.25, 0.3) is 0 Å². The van der Waals surface area contributed by atoms with Crippen LogP contribution in [0.4, 0.5) is 8.78 Å². The van der Waals surface area contributed by atoms with Crippen LogP contribution in [0.1, 0.15) is 12.6 Å². The number of aliphatic hydroxyl groups is 1. The molecule has 1 unspecified atom stereocenters. The van der Waals surface area contributed by atoms with Crippen molar-refractivity contribution < 1.29 is 23.8 Å². The van der Waals surface area contributed by atoms with E-state index < -0.39 is 23.2 Å². The summed E-state index contributed by atoms with van der Waals surface area (Å²) in [6.45, 7) is 0.712. The Bertz CT molecular complexity index is 365. The maximum atomic E-state index is 13.1. The fourth-order valence-electron chi connectivity index (χ4n) is 1.02. The van der Waals surface area contributed by atoms with Gasteiger partial charge in [0.2, 0.25) is 0 Å². The lowest BCUT2D eigenvalue weighted by Gasteiger charge is -2.28. The van der Waals surface area contributed by atoms with Crippen molar-refractivity contribution in [3.05, 3.63) is 30.1 Å². The van der Waals surface area contributed by atoms with Gasteiger partial charge in [0, 0.05) is 6.20 Å². The van der Waals surface area contributed by atoms with Crippen LogP contribution in [0.25, 0.3) is 0 Å². The molecule has 0 aromatic carbocycles. The first-order valence-corrected chi connectivity index (χ1v) is 4.05. The van der Waals surface area contributed by atoms with Crippen molar-refractivity contribution in [1.82, 2.24) is 4.98 Å². The van der Waals surface area contributed by atoms with E-state index in [0.29, 0.717) is 6.92 Å². The first-order chi connectivity index (χ1) is 6.80. The molecule has 0 saturated heterocycles. The average Bonchev–Trinajstić information content (AvgIpc) is 2.18. The molecule has 0 saturated carbocycles. The van der Waals surface area contributed by atoms with Crippen LogP contribution in [-0.2, 0) is 10.4 Å². The minimum Gasteiger partial charge on any atom is -0.477 e. The lowest BCUT2D eigenvalue weighted by Crippen LogP contribution is -2.49. The first-order valence-electron chi connectivity index (χ1n) is 4.05. The van der Waals surface area contributed by atoms with Crippen molar-refractivity contribution in [3.63, 3.8) is 0 Å². The summed E-state index contributed by atoms with van der Waals surface area (Å²) < 4.78 is 26.2. The van der Waals surface area contributed by atoms with E-state index in [0.717, 1.165) is 6.07 Å². The van der Waals surface area contributed by atoms with Crippen molar-refractivity contribution in [2.75, 3.05) is 0 Å². The Labute approximate surface area is 84.2 Å². The second-order valence-electron chi connectivity index (χ2n) is 3.17. The molecule has 1 heterocycles. The predicted molar refractivity (Wildman–Crippen MR) is 46.4 cm³/mol. The predicted octanol–water partition coefficient (Wildman–Crippen LogP) is 1.01. The molecule has 4 nitrogen and oxygen atoms in total. The van der Waals surface area contributed by atoms with Gasteiger partial charge in [0.1, 0.15) is 0 Å². The lowest BCUT2D eigenvalue weighted by molar-refractivity contribution is -0.208. The molecule has 1 aromatic rings. The summed E-state index contributed by atoms with van der Waals surface area (Å²) in [6.07, 6.45) is 1.20. The molecule has 0 bridgehead atoms. The van der Waals surface area contributed by atoms with Gasteiger partial charge in [-0.3, -0.25) is 4.98 Å². The zero-order valence-electron chi connectivity index (χ0n) is 7.82. The third-order valence-electron chi connectivity index (χ3n) is 2.04. The largest absolute Gasteiger partial charge is 0.477 e. The highest BCUT2D eigenvalue weighted by Crippen LogP contribution is 2.36. The summed E-state index contributed by atoms with van der Waals surface area (Å²) in [5, 5.41) is 17.8. The molecule has 0 aliphatic carbocycles. The van der Waals surface area contributed by atoms with Gasteiger partial charge in [-0.25, -0.2) is 4.79 Å². The summed E-state index contributed by atoms with van der Waals surface area (Å²) in [5.74, 6) is -6.68. The number of aromatic nitrogens is 1. The number of pyridine rings is 1. The second-order valence-corrected chi connectivity index (χ2v) is 3.17. The zero-order valence-corrected chi connectivity index (χ0v) is 7.82. The molecule has 0 fully saturated rings. The van der Waals surface area contributed by atoms with Crippen molar-refractivity contribution in [2.45, 2.75) is 18.4 Å². The van der Waals surface area contributed by atoms with Crippen LogP contribution in [0, 0.1) is 0 Å². The van der Waals surface area contributed by atoms with Gasteiger partial charge in [0.15, 0.2) is 5.60 Å². The normalized spacial score (nSPS) is 15.7. The molecule has 1 rings (SSSR count). The van der Waals surface area contributed by atoms with E-state index in [4.69, 9.17) is 5.11 Å². The molecule has 6 heteroatoms. The maximum Gasteiger partial charge on any atom is 0.378 e. The molecule has 82 valence electrons. The monoisotopic (exact) mass is 217 g/mol. The van der Waals surface area contributed by atoms with E-state index in [-0.39, 0.29) is 0 Å². The van der Waals surface area contributed by atoms with Gasteiger partial charge in [-0.2, -0.15) is 8.78 Å². The SMILES string of the molecule is CC(O)(c1ccccn1)C(F)(F)C(=O)O. The Morgan fingerprint density at radius 1 is 1.47 bits per heavy atom. The smallest absolute Gasteiger partial charge is 0.378 e. The van der Waals surface area contributed by atoms with Gasteiger partial charge in [0.05, 0.1) is 5.69 Å². The lowest BCUT2D eigenvalue weighted by atomic mass is 9.93. The number of aliphatic carboxylic acids is 1. The van der Waals surface area contributed by atoms with Crippen LogP contribution >= 0.6 is 0 Å². The Morgan fingerprint density at radius 3 is 2.47 bits per heavy atom.